The monoisotopic (exact) mass is 322 g/mol. The van der Waals surface area contributed by atoms with E-state index in [0.717, 1.165) is 16.8 Å². The van der Waals surface area contributed by atoms with E-state index in [4.69, 9.17) is 0 Å². The number of aromatic hydroxyl groups is 1. The molecule has 4 rings (SSSR count). The van der Waals surface area contributed by atoms with Gasteiger partial charge >= 0.3 is 0 Å². The number of nitrogens with zero attached hydrogens (tertiary/aromatic N) is 3. The lowest BCUT2D eigenvalue weighted by molar-refractivity contribution is -0.110. The van der Waals surface area contributed by atoms with Crippen molar-refractivity contribution >= 4 is 33.8 Å². The number of para-hydroxylation sites is 1. The molecule has 0 radical (unpaired) electrons. The number of aliphatic imine (C=N–C) groups is 1. The van der Waals surface area contributed by atoms with Crippen LogP contribution in [-0.2, 0) is 4.79 Å². The molecule has 0 bridgehead atoms. The largest absolute Gasteiger partial charge is 0.508 e. The van der Waals surface area contributed by atoms with Gasteiger partial charge in [0.05, 0.1) is 5.69 Å². The first-order valence-corrected chi connectivity index (χ1v) is 7.65. The van der Waals surface area contributed by atoms with Crippen LogP contribution in [0.25, 0.3) is 10.6 Å². The number of carbonyl (C=O) groups excluding carboxylic acids is 1. The van der Waals surface area contributed by atoms with Crippen LogP contribution in [0.15, 0.2) is 53.5 Å². The lowest BCUT2D eigenvalue weighted by Gasteiger charge is -1.95. The van der Waals surface area contributed by atoms with E-state index < -0.39 is 0 Å². The fourth-order valence-electron chi connectivity index (χ4n) is 2.29. The summed E-state index contributed by atoms with van der Waals surface area (Å²) in [5.41, 5.74) is 2.69. The zero-order valence-corrected chi connectivity index (χ0v) is 12.5. The highest BCUT2D eigenvalue weighted by molar-refractivity contribution is 7.18. The van der Waals surface area contributed by atoms with Crippen molar-refractivity contribution in [3.05, 3.63) is 54.1 Å². The smallest absolute Gasteiger partial charge is 0.275 e. The van der Waals surface area contributed by atoms with Gasteiger partial charge in [-0.15, -0.1) is 10.2 Å². The van der Waals surface area contributed by atoms with E-state index in [1.807, 2.05) is 24.3 Å². The van der Waals surface area contributed by atoms with Crippen LogP contribution in [0.5, 0.6) is 5.75 Å². The molecular weight excluding hydrogens is 312 g/mol. The van der Waals surface area contributed by atoms with Crippen LogP contribution in [0, 0.1) is 0 Å². The number of phenols is 1. The summed E-state index contributed by atoms with van der Waals surface area (Å²) in [6.45, 7) is 0. The summed E-state index contributed by atoms with van der Waals surface area (Å²) in [6, 6.07) is 14.1. The Hall–Kier alpha value is -3.06. The number of carbonyl (C=O) groups is 1. The van der Waals surface area contributed by atoms with Crippen LogP contribution in [0.1, 0.15) is 5.56 Å². The first-order valence-electron chi connectivity index (χ1n) is 6.83. The van der Waals surface area contributed by atoms with Gasteiger partial charge in [-0.2, -0.15) is 0 Å². The van der Waals surface area contributed by atoms with Gasteiger partial charge in [0.25, 0.3) is 5.91 Å². The second-order valence-corrected chi connectivity index (χ2v) is 5.85. The Morgan fingerprint density at radius 3 is 2.65 bits per heavy atom. The number of aromatic nitrogens is 2. The van der Waals surface area contributed by atoms with Crippen molar-refractivity contribution in [3.8, 4) is 16.3 Å². The number of rotatable bonds is 2. The van der Waals surface area contributed by atoms with Gasteiger partial charge in [0, 0.05) is 11.1 Å². The van der Waals surface area contributed by atoms with Gasteiger partial charge in [0.2, 0.25) is 5.13 Å². The maximum atomic E-state index is 12.0. The summed E-state index contributed by atoms with van der Waals surface area (Å²) in [4.78, 5) is 16.4. The highest BCUT2D eigenvalue weighted by Gasteiger charge is 2.25. The molecule has 1 aromatic heterocycles. The van der Waals surface area contributed by atoms with Gasteiger partial charge in [-0.1, -0.05) is 29.5 Å². The number of nitrogens with one attached hydrogen (secondary N) is 1. The normalized spacial score (nSPS) is 14.8. The van der Waals surface area contributed by atoms with Gasteiger partial charge in [-0.25, -0.2) is 4.99 Å². The lowest BCUT2D eigenvalue weighted by atomic mass is 10.1. The van der Waals surface area contributed by atoms with Crippen LogP contribution in [0.4, 0.5) is 10.8 Å². The van der Waals surface area contributed by atoms with Gasteiger partial charge < -0.3 is 10.4 Å². The zero-order valence-electron chi connectivity index (χ0n) is 11.7. The first kappa shape index (κ1) is 13.6. The number of hydrogen-bond donors (Lipinski definition) is 2. The maximum absolute atomic E-state index is 12.0. The van der Waals surface area contributed by atoms with Crippen LogP contribution >= 0.6 is 11.3 Å². The van der Waals surface area contributed by atoms with Crippen LogP contribution in [0.3, 0.4) is 0 Å². The van der Waals surface area contributed by atoms with E-state index in [2.05, 4.69) is 20.5 Å². The highest BCUT2D eigenvalue weighted by Crippen LogP contribution is 2.31. The van der Waals surface area contributed by atoms with Crippen LogP contribution in [0.2, 0.25) is 0 Å². The molecule has 23 heavy (non-hydrogen) atoms. The molecule has 0 saturated carbocycles. The Balaban J connectivity index is 1.70. The molecule has 0 aliphatic carbocycles. The molecule has 6 nitrogen and oxygen atoms in total. The van der Waals surface area contributed by atoms with E-state index in [9.17, 15) is 9.90 Å². The predicted molar refractivity (Wildman–Crippen MR) is 88.3 cm³/mol. The Morgan fingerprint density at radius 1 is 1.04 bits per heavy atom. The molecule has 0 fully saturated rings. The fourth-order valence-corrected chi connectivity index (χ4v) is 3.02. The predicted octanol–water partition coefficient (Wildman–Crippen LogP) is 2.98. The van der Waals surface area contributed by atoms with Crippen molar-refractivity contribution in [2.24, 2.45) is 4.99 Å². The SMILES string of the molecule is O=C1Nc2ccccc2C1=Nc1nnc(-c2ccc(O)cc2)s1. The Bertz CT molecular complexity index is 931. The minimum Gasteiger partial charge on any atom is -0.508 e. The number of fused-ring (bicyclic) bond motifs is 1. The third-order valence-electron chi connectivity index (χ3n) is 3.38. The Kier molecular flexibility index (Phi) is 3.13. The lowest BCUT2D eigenvalue weighted by Crippen LogP contribution is -2.13. The van der Waals surface area contributed by atoms with Crippen molar-refractivity contribution in [3.63, 3.8) is 0 Å². The maximum Gasteiger partial charge on any atom is 0.275 e. The summed E-state index contributed by atoms with van der Waals surface area (Å²) in [6.07, 6.45) is 0. The topological polar surface area (TPSA) is 87.5 Å². The van der Waals surface area contributed by atoms with Crippen molar-refractivity contribution in [1.29, 1.82) is 0 Å². The molecule has 0 atom stereocenters. The molecule has 1 aliphatic heterocycles. The molecular formula is C16H10N4O2S. The third-order valence-corrected chi connectivity index (χ3v) is 4.25. The molecule has 0 saturated heterocycles. The number of hydrogen-bond acceptors (Lipinski definition) is 6. The average Bonchev–Trinajstić information content (AvgIpc) is 3.14. The number of phenolic OH excluding ortho intramolecular Hbond substituents is 1. The van der Waals surface area contributed by atoms with Crippen LogP contribution in [-0.4, -0.2) is 26.9 Å². The highest BCUT2D eigenvalue weighted by atomic mass is 32.1. The van der Waals surface area contributed by atoms with Gasteiger partial charge in [0.15, 0.2) is 0 Å². The van der Waals surface area contributed by atoms with Crippen molar-refractivity contribution < 1.29 is 9.90 Å². The summed E-state index contributed by atoms with van der Waals surface area (Å²) < 4.78 is 0. The van der Waals surface area contributed by atoms with Crippen molar-refractivity contribution in [2.45, 2.75) is 0 Å². The molecule has 2 aromatic carbocycles. The van der Waals surface area contributed by atoms with Gasteiger partial charge in [0.1, 0.15) is 16.5 Å². The molecule has 2 heterocycles. The molecule has 0 spiro atoms. The van der Waals surface area contributed by atoms with E-state index >= 15 is 0 Å². The Morgan fingerprint density at radius 2 is 1.83 bits per heavy atom. The standard InChI is InChI=1S/C16H10N4O2S/c21-10-7-5-9(6-8-10)15-19-20-16(23-15)18-13-11-3-1-2-4-12(11)17-14(13)22/h1-8,21H,(H,17,18,20,22). The van der Waals surface area contributed by atoms with E-state index in [1.165, 1.54) is 11.3 Å². The first-order chi connectivity index (χ1) is 11.2. The number of amides is 1. The molecule has 7 heteroatoms. The van der Waals surface area contributed by atoms with Gasteiger partial charge in [-0.05, 0) is 30.3 Å². The minimum atomic E-state index is -0.243. The molecule has 2 N–H and O–H groups in total. The number of benzene rings is 2. The minimum absolute atomic E-state index is 0.193. The summed E-state index contributed by atoms with van der Waals surface area (Å²) in [5, 5.41) is 21.3. The van der Waals surface area contributed by atoms with Crippen molar-refractivity contribution in [1.82, 2.24) is 10.2 Å². The summed E-state index contributed by atoms with van der Waals surface area (Å²) in [7, 11) is 0. The van der Waals surface area contributed by atoms with E-state index in [0.29, 0.717) is 15.9 Å². The molecule has 112 valence electrons. The summed E-state index contributed by atoms with van der Waals surface area (Å²) >= 11 is 1.28. The average molecular weight is 322 g/mol. The number of anilines is 1. The fraction of sp³-hybridized carbons (Fsp3) is 0. The summed E-state index contributed by atoms with van der Waals surface area (Å²) in [5.74, 6) is -0.0504. The second kappa shape index (κ2) is 5.29. The second-order valence-electron chi connectivity index (χ2n) is 4.90. The third kappa shape index (κ3) is 2.47. The molecule has 1 amide bonds. The van der Waals surface area contributed by atoms with Crippen molar-refractivity contribution in [2.75, 3.05) is 5.32 Å². The molecule has 0 unspecified atom stereocenters. The van der Waals surface area contributed by atoms with Gasteiger partial charge in [-0.3, -0.25) is 4.79 Å². The molecule has 1 aliphatic rings. The zero-order chi connectivity index (χ0) is 15.8. The van der Waals surface area contributed by atoms with Crippen LogP contribution < -0.4 is 5.32 Å². The van der Waals surface area contributed by atoms with E-state index in [-0.39, 0.29) is 11.7 Å². The Labute approximate surface area is 135 Å². The quantitative estimate of drug-likeness (QED) is 0.759. The van der Waals surface area contributed by atoms with E-state index in [1.54, 1.807) is 24.3 Å². The molecule has 3 aromatic rings.